The van der Waals surface area contributed by atoms with Crippen LogP contribution in [0.1, 0.15) is 55.4 Å². The molecule has 0 spiro atoms. The second kappa shape index (κ2) is 7.05. The minimum Gasteiger partial charge on any atom is -0.444 e. The summed E-state index contributed by atoms with van der Waals surface area (Å²) in [7, 11) is 0. The van der Waals surface area contributed by atoms with Crippen LogP contribution in [0.15, 0.2) is 4.99 Å². The number of hydrogen-bond acceptors (Lipinski definition) is 5. The lowest BCUT2D eigenvalue weighted by Gasteiger charge is -2.44. The number of halogens is 1. The number of alkyl carbamates (subject to hydrolysis) is 1. The van der Waals surface area contributed by atoms with E-state index in [0.717, 1.165) is 0 Å². The number of rotatable bonds is 0. The number of carbonyl (C=O) groups is 2. The molecule has 0 bridgehead atoms. The van der Waals surface area contributed by atoms with Gasteiger partial charge in [-0.2, -0.15) is 0 Å². The fraction of sp³-hybridized carbons (Fsp3) is 0.812. The minimum absolute atomic E-state index is 0.0757. The Kier molecular flexibility index (Phi) is 6.16. The van der Waals surface area contributed by atoms with Gasteiger partial charge in [0.2, 0.25) is 5.96 Å². The van der Waals surface area contributed by atoms with Crippen LogP contribution in [0.5, 0.6) is 0 Å². The number of hydrogen-bond donors (Lipinski definition) is 1. The van der Waals surface area contributed by atoms with Crippen molar-refractivity contribution in [3.63, 3.8) is 0 Å². The van der Waals surface area contributed by atoms with Crippen molar-refractivity contribution < 1.29 is 19.1 Å². The van der Waals surface area contributed by atoms with Gasteiger partial charge in [-0.25, -0.2) is 14.5 Å². The van der Waals surface area contributed by atoms with E-state index in [9.17, 15) is 9.59 Å². The van der Waals surface area contributed by atoms with Gasteiger partial charge in [0.15, 0.2) is 0 Å². The lowest BCUT2D eigenvalue weighted by Crippen LogP contribution is -2.64. The number of aliphatic imine (C=N–C) groups is 1. The highest BCUT2D eigenvalue weighted by atomic mass is 127. The van der Waals surface area contributed by atoms with E-state index >= 15 is 0 Å². The Balaban J connectivity index is 3.06. The largest absolute Gasteiger partial charge is 0.444 e. The molecular formula is C16H28IN3O4. The maximum Gasteiger partial charge on any atom is 0.417 e. The third-order valence-corrected chi connectivity index (χ3v) is 5.06. The van der Waals surface area contributed by atoms with Crippen molar-refractivity contribution in [1.82, 2.24) is 10.2 Å². The molecule has 1 aliphatic heterocycles. The van der Waals surface area contributed by atoms with Crippen LogP contribution in [0.25, 0.3) is 0 Å². The monoisotopic (exact) mass is 453 g/mol. The molecule has 1 N–H and O–H groups in total. The number of nitrogens with zero attached hydrogens (tertiary/aromatic N) is 2. The van der Waals surface area contributed by atoms with E-state index in [1.807, 2.05) is 13.8 Å². The van der Waals surface area contributed by atoms with Crippen molar-refractivity contribution >= 4 is 40.7 Å². The van der Waals surface area contributed by atoms with Crippen molar-refractivity contribution in [2.24, 2.45) is 4.99 Å². The number of carbonyl (C=O) groups excluding carboxylic acids is 2. The molecule has 1 heterocycles. The number of alkyl halides is 1. The summed E-state index contributed by atoms with van der Waals surface area (Å²) in [4.78, 5) is 30.5. The van der Waals surface area contributed by atoms with Gasteiger partial charge in [-0.15, -0.1) is 0 Å². The third kappa shape index (κ3) is 5.78. The van der Waals surface area contributed by atoms with Crippen LogP contribution in [-0.4, -0.2) is 50.3 Å². The van der Waals surface area contributed by atoms with Crippen LogP contribution in [0.2, 0.25) is 0 Å². The maximum atomic E-state index is 12.7. The minimum atomic E-state index is -0.655. The first-order chi connectivity index (χ1) is 10.6. The Labute approximate surface area is 157 Å². The Hall–Kier alpha value is -1.06. The van der Waals surface area contributed by atoms with Crippen molar-refractivity contribution in [3.8, 4) is 0 Å². The fourth-order valence-electron chi connectivity index (χ4n) is 1.99. The van der Waals surface area contributed by atoms with E-state index in [4.69, 9.17) is 9.47 Å². The zero-order chi connectivity index (χ0) is 18.9. The van der Waals surface area contributed by atoms with E-state index in [1.165, 1.54) is 4.90 Å². The second-order valence-electron chi connectivity index (χ2n) is 8.23. The van der Waals surface area contributed by atoms with E-state index < -0.39 is 28.9 Å². The molecule has 7 nitrogen and oxygen atoms in total. The van der Waals surface area contributed by atoms with Crippen molar-refractivity contribution in [2.75, 3.05) is 6.54 Å². The highest BCUT2D eigenvalue weighted by molar-refractivity contribution is 14.1. The summed E-state index contributed by atoms with van der Waals surface area (Å²) < 4.78 is 10.8. The van der Waals surface area contributed by atoms with Crippen LogP contribution in [-0.2, 0) is 9.47 Å². The van der Waals surface area contributed by atoms with Gasteiger partial charge in [0.25, 0.3) is 0 Å². The molecule has 2 amide bonds. The van der Waals surface area contributed by atoms with E-state index in [1.54, 1.807) is 41.5 Å². The zero-order valence-corrected chi connectivity index (χ0v) is 17.8. The van der Waals surface area contributed by atoms with Crippen LogP contribution in [0.3, 0.4) is 0 Å². The van der Waals surface area contributed by atoms with Gasteiger partial charge in [0.1, 0.15) is 11.2 Å². The van der Waals surface area contributed by atoms with Crippen LogP contribution >= 0.6 is 22.6 Å². The van der Waals surface area contributed by atoms with Gasteiger partial charge < -0.3 is 9.47 Å². The van der Waals surface area contributed by atoms with Crippen LogP contribution in [0.4, 0.5) is 9.59 Å². The second-order valence-corrected chi connectivity index (χ2v) is 9.73. The molecule has 138 valence electrons. The van der Waals surface area contributed by atoms with Gasteiger partial charge in [-0.3, -0.25) is 10.3 Å². The average Bonchev–Trinajstić information content (AvgIpc) is 2.28. The summed E-state index contributed by atoms with van der Waals surface area (Å²) in [5, 5.41) is 2.58. The molecule has 0 fully saturated rings. The quantitative estimate of drug-likeness (QED) is 0.448. The molecule has 0 aliphatic carbocycles. The molecular weight excluding hydrogens is 425 g/mol. The number of amides is 2. The predicted octanol–water partition coefficient (Wildman–Crippen LogP) is 3.70. The summed E-state index contributed by atoms with van der Waals surface area (Å²) in [6, 6.07) is 0. The third-order valence-electron chi connectivity index (χ3n) is 3.14. The molecule has 8 heteroatoms. The van der Waals surface area contributed by atoms with Gasteiger partial charge in [0.05, 0.1) is 16.0 Å². The summed E-state index contributed by atoms with van der Waals surface area (Å²) >= 11 is 2.25. The van der Waals surface area contributed by atoms with Gasteiger partial charge >= 0.3 is 12.2 Å². The molecule has 24 heavy (non-hydrogen) atoms. The first-order valence-corrected chi connectivity index (χ1v) is 9.10. The smallest absolute Gasteiger partial charge is 0.417 e. The number of guanidine groups is 1. The summed E-state index contributed by atoms with van der Waals surface area (Å²) in [5.74, 6) is 0.149. The highest BCUT2D eigenvalue weighted by Crippen LogP contribution is 2.31. The molecule has 1 aliphatic rings. The van der Waals surface area contributed by atoms with Gasteiger partial charge in [-0.1, -0.05) is 22.6 Å². The molecule has 0 saturated carbocycles. The maximum absolute atomic E-state index is 12.7. The van der Waals surface area contributed by atoms with Gasteiger partial charge in [-0.05, 0) is 55.4 Å². The van der Waals surface area contributed by atoms with Crippen molar-refractivity contribution in [2.45, 2.75) is 76.1 Å². The molecule has 1 unspecified atom stereocenters. The van der Waals surface area contributed by atoms with Crippen LogP contribution < -0.4 is 5.32 Å². The normalized spacial score (nSPS) is 21.0. The number of nitrogens with one attached hydrogen (secondary N) is 1. The number of ether oxygens (including phenoxy) is 2. The molecule has 0 aromatic heterocycles. The zero-order valence-electron chi connectivity index (χ0n) is 15.7. The van der Waals surface area contributed by atoms with Crippen molar-refractivity contribution in [3.05, 3.63) is 0 Å². The predicted molar refractivity (Wildman–Crippen MR) is 102 cm³/mol. The average molecular weight is 453 g/mol. The fourth-order valence-corrected chi connectivity index (χ4v) is 2.47. The highest BCUT2D eigenvalue weighted by Gasteiger charge is 2.45. The SMILES string of the molecule is CC(C)(C)OC(=O)NC1=NCC(I)C(C)(C)N1C(=O)OC(C)(C)C. The Bertz CT molecular complexity index is 532. The summed E-state index contributed by atoms with van der Waals surface area (Å²) in [5.41, 5.74) is -1.87. The molecule has 1 rings (SSSR count). The van der Waals surface area contributed by atoms with Gasteiger partial charge in [0, 0.05) is 0 Å². The lowest BCUT2D eigenvalue weighted by atomic mass is 9.97. The molecule has 0 aromatic rings. The lowest BCUT2D eigenvalue weighted by molar-refractivity contribution is 0.0204. The summed E-state index contributed by atoms with van der Waals surface area (Å²) in [6.45, 7) is 15.0. The Morgan fingerprint density at radius 2 is 1.67 bits per heavy atom. The topological polar surface area (TPSA) is 80.2 Å². The summed E-state index contributed by atoms with van der Waals surface area (Å²) in [6.07, 6.45) is -1.21. The van der Waals surface area contributed by atoms with Crippen molar-refractivity contribution in [1.29, 1.82) is 0 Å². The first kappa shape index (κ1) is 21.0. The molecule has 0 saturated heterocycles. The Morgan fingerprint density at radius 3 is 2.12 bits per heavy atom. The molecule has 0 radical (unpaired) electrons. The standard InChI is InChI=1S/C16H28IN3O4/c1-14(2,3)23-12(21)19-11-18-9-10(17)16(7,8)20(11)13(22)24-15(4,5)6/h10H,9H2,1-8H3,(H,18,19,21). The van der Waals surface area contributed by atoms with Crippen LogP contribution in [0, 0.1) is 0 Å². The van der Waals surface area contributed by atoms with E-state index in [-0.39, 0.29) is 9.88 Å². The van der Waals surface area contributed by atoms with E-state index in [0.29, 0.717) is 6.54 Å². The first-order valence-electron chi connectivity index (χ1n) is 7.85. The molecule has 0 aromatic carbocycles. The van der Waals surface area contributed by atoms with E-state index in [2.05, 4.69) is 32.9 Å². The Morgan fingerprint density at radius 1 is 1.17 bits per heavy atom. The molecule has 1 atom stereocenters.